The van der Waals surface area contributed by atoms with Crippen LogP contribution in [-0.4, -0.2) is 47.4 Å². The van der Waals surface area contributed by atoms with Crippen molar-refractivity contribution in [1.29, 1.82) is 0 Å². The lowest BCUT2D eigenvalue weighted by Crippen LogP contribution is -2.43. The van der Waals surface area contributed by atoms with E-state index in [1.165, 1.54) is 31.9 Å². The molecule has 47 heavy (non-hydrogen) atoms. The summed E-state index contributed by atoms with van der Waals surface area (Å²) < 4.78 is 5.29. The lowest BCUT2D eigenvalue weighted by molar-refractivity contribution is -0.126. The zero-order chi connectivity index (χ0) is 33.3. The molecule has 0 bridgehead atoms. The van der Waals surface area contributed by atoms with Gasteiger partial charge in [-0.25, -0.2) is 0 Å². The van der Waals surface area contributed by atoms with E-state index in [0.717, 1.165) is 10.5 Å². The minimum atomic E-state index is -0.865. The Balaban J connectivity index is 1.31. The van der Waals surface area contributed by atoms with E-state index >= 15 is 0 Å². The molecule has 6 unspecified atom stereocenters. The minimum absolute atomic E-state index is 0.109. The Morgan fingerprint density at radius 1 is 0.702 bits per heavy atom. The number of aromatic hydroxyl groups is 1. The Morgan fingerprint density at radius 2 is 1.23 bits per heavy atom. The number of rotatable bonds is 6. The molecular formula is C37H32N2O8. The maximum atomic E-state index is 14.3. The molecule has 0 radical (unpaired) electrons. The maximum Gasteiger partial charge on any atom is 0.238 e. The molecule has 10 nitrogen and oxygen atoms in total. The number of imide groups is 2. The second-order valence-corrected chi connectivity index (χ2v) is 12.7. The second-order valence-electron chi connectivity index (χ2n) is 12.7. The molecule has 0 aromatic heterocycles. The van der Waals surface area contributed by atoms with Crippen LogP contribution < -0.4 is 14.5 Å². The van der Waals surface area contributed by atoms with Crippen LogP contribution in [-0.2, 0) is 19.2 Å². The number of ether oxygens (including phenoxy) is 1. The average molecular weight is 633 g/mol. The van der Waals surface area contributed by atoms with Crippen molar-refractivity contribution in [2.75, 3.05) is 16.9 Å². The smallest absolute Gasteiger partial charge is 0.238 e. The van der Waals surface area contributed by atoms with Crippen molar-refractivity contribution in [2.45, 2.75) is 32.6 Å². The molecule has 2 heterocycles. The Hall–Kier alpha value is -5.38. The van der Waals surface area contributed by atoms with Crippen molar-refractivity contribution < 1.29 is 38.6 Å². The number of fused-ring (bicyclic) bond motifs is 4. The number of ketones is 2. The van der Waals surface area contributed by atoms with Crippen LogP contribution in [0.4, 0.5) is 11.4 Å². The summed E-state index contributed by atoms with van der Waals surface area (Å²) in [5, 5.41) is 11.2. The van der Waals surface area contributed by atoms with Crippen LogP contribution in [0, 0.1) is 29.6 Å². The van der Waals surface area contributed by atoms with E-state index in [4.69, 9.17) is 4.74 Å². The van der Waals surface area contributed by atoms with E-state index in [-0.39, 0.29) is 36.1 Å². The van der Waals surface area contributed by atoms with Crippen molar-refractivity contribution in [3.05, 3.63) is 95.1 Å². The highest BCUT2D eigenvalue weighted by molar-refractivity contribution is 6.24. The van der Waals surface area contributed by atoms with Crippen molar-refractivity contribution in [1.82, 2.24) is 0 Å². The molecule has 7 rings (SSSR count). The molecule has 2 aliphatic heterocycles. The molecule has 4 aliphatic rings. The number of anilines is 2. The van der Waals surface area contributed by atoms with Gasteiger partial charge in [0.05, 0.1) is 42.2 Å². The number of hydrogen-bond donors (Lipinski definition) is 1. The van der Waals surface area contributed by atoms with Gasteiger partial charge in [-0.2, -0.15) is 0 Å². The summed E-state index contributed by atoms with van der Waals surface area (Å²) in [4.78, 5) is 82.4. The number of amides is 4. The van der Waals surface area contributed by atoms with E-state index in [9.17, 15) is 33.9 Å². The summed E-state index contributed by atoms with van der Waals surface area (Å²) >= 11 is 0. The fraction of sp³-hybridized carbons (Fsp3) is 0.297. The fourth-order valence-electron chi connectivity index (χ4n) is 8.05. The number of phenols is 1. The van der Waals surface area contributed by atoms with Gasteiger partial charge in [-0.3, -0.25) is 38.6 Å². The van der Waals surface area contributed by atoms with Gasteiger partial charge >= 0.3 is 0 Å². The van der Waals surface area contributed by atoms with Crippen LogP contribution in [0.3, 0.4) is 0 Å². The standard InChI is InChI=1S/C37H32N2O8/c1-18(40)20-4-8-22(9-5-20)38-34(43)27-15-14-25-28(32(27)36(38)45)17-29-33(31(25)26-13-12-24(47-3)16-30(26)42)37(46)39(35(29)44)23-10-6-21(7-11-23)19(2)41/h4-14,16,27-29,31-33,42H,15,17H2,1-3H3. The third-order valence-electron chi connectivity index (χ3n) is 10.3. The Morgan fingerprint density at radius 3 is 1.74 bits per heavy atom. The topological polar surface area (TPSA) is 138 Å². The molecule has 3 aromatic carbocycles. The van der Waals surface area contributed by atoms with E-state index in [1.807, 2.05) is 6.08 Å². The maximum absolute atomic E-state index is 14.3. The molecule has 0 spiro atoms. The number of carbonyl (C=O) groups excluding carboxylic acids is 6. The number of Topliss-reactive ketones (excluding diaryl/α,β-unsaturated/α-hetero) is 2. The molecule has 1 N–H and O–H groups in total. The van der Waals surface area contributed by atoms with Crippen LogP contribution in [0.5, 0.6) is 11.5 Å². The van der Waals surface area contributed by atoms with Gasteiger partial charge in [0.25, 0.3) is 0 Å². The monoisotopic (exact) mass is 632 g/mol. The van der Waals surface area contributed by atoms with E-state index in [1.54, 1.807) is 60.7 Å². The Labute approximate surface area is 270 Å². The SMILES string of the molecule is COc1ccc(C2C3=CCC4C(=O)N(c5ccc(C(C)=O)cc5)C(=O)C4C3CC3C(=O)N(c4ccc(C(C)=O)cc4)C(=O)C32)c(O)c1. The summed E-state index contributed by atoms with van der Waals surface area (Å²) in [5.74, 6) is -5.99. The number of carbonyl (C=O) groups is 6. The van der Waals surface area contributed by atoms with Gasteiger partial charge in [0.2, 0.25) is 23.6 Å². The normalized spacial score (nSPS) is 26.5. The number of nitrogens with zero attached hydrogens (tertiary/aromatic N) is 2. The van der Waals surface area contributed by atoms with Gasteiger partial charge in [-0.1, -0.05) is 17.7 Å². The summed E-state index contributed by atoms with van der Waals surface area (Å²) in [6.45, 7) is 2.87. The van der Waals surface area contributed by atoms with Gasteiger partial charge in [-0.05, 0) is 87.2 Å². The zero-order valence-corrected chi connectivity index (χ0v) is 26.0. The summed E-state index contributed by atoms with van der Waals surface area (Å²) in [6, 6.07) is 17.4. The van der Waals surface area contributed by atoms with E-state index in [0.29, 0.717) is 33.8 Å². The first-order chi connectivity index (χ1) is 22.5. The minimum Gasteiger partial charge on any atom is -0.508 e. The fourth-order valence-corrected chi connectivity index (χ4v) is 8.05. The van der Waals surface area contributed by atoms with Crippen LogP contribution >= 0.6 is 0 Å². The molecule has 4 amide bonds. The van der Waals surface area contributed by atoms with Crippen molar-refractivity contribution in [3.8, 4) is 11.5 Å². The first-order valence-electron chi connectivity index (χ1n) is 15.6. The predicted octanol–water partition coefficient (Wildman–Crippen LogP) is 4.85. The second kappa shape index (κ2) is 11.2. The highest BCUT2D eigenvalue weighted by Gasteiger charge is 2.62. The quantitative estimate of drug-likeness (QED) is 0.231. The average Bonchev–Trinajstić information content (AvgIpc) is 3.47. The largest absolute Gasteiger partial charge is 0.508 e. The first kappa shape index (κ1) is 30.3. The molecule has 10 heteroatoms. The van der Waals surface area contributed by atoms with E-state index in [2.05, 4.69) is 0 Å². The van der Waals surface area contributed by atoms with Crippen LogP contribution in [0.1, 0.15) is 58.9 Å². The van der Waals surface area contributed by atoms with Crippen molar-refractivity contribution >= 4 is 46.6 Å². The van der Waals surface area contributed by atoms with Gasteiger partial charge in [-0.15, -0.1) is 0 Å². The van der Waals surface area contributed by atoms with Gasteiger partial charge in [0.15, 0.2) is 11.6 Å². The van der Waals surface area contributed by atoms with E-state index < -0.39 is 53.2 Å². The lowest BCUT2D eigenvalue weighted by Gasteiger charge is -2.44. The van der Waals surface area contributed by atoms with Crippen LogP contribution in [0.2, 0.25) is 0 Å². The summed E-state index contributed by atoms with van der Waals surface area (Å²) in [6.07, 6.45) is 2.34. The molecule has 6 atom stereocenters. The molecule has 238 valence electrons. The molecule has 2 saturated heterocycles. The number of allylic oxidation sites excluding steroid dienone is 2. The molecule has 1 saturated carbocycles. The van der Waals surface area contributed by atoms with Gasteiger partial charge < -0.3 is 9.84 Å². The van der Waals surface area contributed by atoms with Crippen molar-refractivity contribution in [3.63, 3.8) is 0 Å². The Bertz CT molecular complexity index is 1910. The predicted molar refractivity (Wildman–Crippen MR) is 170 cm³/mol. The number of phenolic OH excluding ortho intramolecular Hbond substituents is 1. The van der Waals surface area contributed by atoms with Gasteiger partial charge in [0, 0.05) is 28.7 Å². The highest BCUT2D eigenvalue weighted by Crippen LogP contribution is 2.59. The highest BCUT2D eigenvalue weighted by atomic mass is 16.5. The number of methoxy groups -OCH3 is 1. The summed E-state index contributed by atoms with van der Waals surface area (Å²) in [7, 11) is 1.47. The number of benzene rings is 3. The number of hydrogen-bond acceptors (Lipinski definition) is 8. The van der Waals surface area contributed by atoms with Gasteiger partial charge in [0.1, 0.15) is 11.5 Å². The molecule has 3 fully saturated rings. The van der Waals surface area contributed by atoms with Crippen LogP contribution in [0.15, 0.2) is 78.4 Å². The Kier molecular flexibility index (Phi) is 7.18. The molecule has 3 aromatic rings. The molecular weight excluding hydrogens is 600 g/mol. The molecule has 2 aliphatic carbocycles. The van der Waals surface area contributed by atoms with Crippen molar-refractivity contribution in [2.24, 2.45) is 29.6 Å². The third kappa shape index (κ3) is 4.61. The zero-order valence-electron chi connectivity index (χ0n) is 26.0. The lowest BCUT2D eigenvalue weighted by atomic mass is 9.57. The summed E-state index contributed by atoms with van der Waals surface area (Å²) in [5.41, 5.74) is 2.78. The third-order valence-corrected chi connectivity index (χ3v) is 10.3. The van der Waals surface area contributed by atoms with Crippen LogP contribution in [0.25, 0.3) is 0 Å². The first-order valence-corrected chi connectivity index (χ1v) is 15.6.